The first-order chi connectivity index (χ1) is 17.2. The van der Waals surface area contributed by atoms with Gasteiger partial charge in [-0.05, 0) is 31.1 Å². The van der Waals surface area contributed by atoms with Gasteiger partial charge in [0.25, 0.3) is 0 Å². The van der Waals surface area contributed by atoms with Crippen molar-refractivity contribution in [3.63, 3.8) is 0 Å². The molecule has 0 amide bonds. The van der Waals surface area contributed by atoms with E-state index in [9.17, 15) is 0 Å². The van der Waals surface area contributed by atoms with Crippen LogP contribution in [0.3, 0.4) is 0 Å². The van der Waals surface area contributed by atoms with Gasteiger partial charge in [0.15, 0.2) is 0 Å². The van der Waals surface area contributed by atoms with Crippen LogP contribution in [0.1, 0.15) is 43.9 Å². The fourth-order valence-corrected chi connectivity index (χ4v) is 5.17. The number of nitrogens with zero attached hydrogens (tertiary/aromatic N) is 3. The summed E-state index contributed by atoms with van der Waals surface area (Å²) >= 11 is 0. The minimum atomic E-state index is -0.194. The molecule has 0 bridgehead atoms. The van der Waals surface area contributed by atoms with Gasteiger partial charge in [-0.2, -0.15) is 0 Å². The maximum Gasteiger partial charge on any atom is 0.130 e. The maximum atomic E-state index is 5.20. The molecule has 4 nitrogen and oxygen atoms in total. The molecule has 0 radical (unpaired) electrons. The lowest BCUT2D eigenvalue weighted by molar-refractivity contribution is 0.296. The molecule has 178 valence electrons. The molecule has 0 aliphatic carbocycles. The van der Waals surface area contributed by atoms with E-state index in [1.54, 1.807) is 0 Å². The Kier molecular flexibility index (Phi) is 6.65. The van der Waals surface area contributed by atoms with Gasteiger partial charge in [-0.3, -0.25) is 9.89 Å². The molecule has 35 heavy (non-hydrogen) atoms. The molecule has 2 heterocycles. The zero-order valence-electron chi connectivity index (χ0n) is 21.0. The van der Waals surface area contributed by atoms with Gasteiger partial charge in [-0.25, -0.2) is 4.98 Å². The second-order valence-corrected chi connectivity index (χ2v) is 9.25. The van der Waals surface area contributed by atoms with Crippen molar-refractivity contribution in [2.24, 2.45) is 4.99 Å². The summed E-state index contributed by atoms with van der Waals surface area (Å²) in [6, 6.07) is 29.8. The number of pyridine rings is 1. The van der Waals surface area contributed by atoms with Crippen LogP contribution in [-0.4, -0.2) is 35.4 Å². The van der Waals surface area contributed by atoms with Crippen LogP contribution < -0.4 is 5.32 Å². The summed E-state index contributed by atoms with van der Waals surface area (Å²) in [5.41, 5.74) is 6.71. The van der Waals surface area contributed by atoms with Crippen molar-refractivity contribution in [1.29, 1.82) is 0 Å². The highest BCUT2D eigenvalue weighted by molar-refractivity contribution is 6.12. The number of hydrogen-bond donors (Lipinski definition) is 1. The minimum Gasteiger partial charge on any atom is -0.358 e. The average Bonchev–Trinajstić information content (AvgIpc) is 3.37. The number of fused-ring (bicyclic) bond motifs is 1. The van der Waals surface area contributed by atoms with E-state index in [4.69, 9.17) is 9.98 Å². The standard InChI is InChI=1S/C31H34N4/c1-4-31(24-17-11-8-12-18-24)22-32-30(34-31)28-25-19-13-14-20-27(25)33-29(23-15-9-7-10-16-23)26(28)21-35(5-2)6-3/h7-20H,4-6,21-22H2,1-3H3,(H,32,34). The molecule has 1 N–H and O–H groups in total. The van der Waals surface area contributed by atoms with E-state index in [1.165, 1.54) is 16.7 Å². The van der Waals surface area contributed by atoms with Crippen molar-refractivity contribution in [2.45, 2.75) is 39.3 Å². The summed E-state index contributed by atoms with van der Waals surface area (Å²) in [5.74, 6) is 0.980. The SMILES string of the molecule is CCN(CC)Cc1c(-c2ccccc2)nc2ccccc2c1C1=NCC(CC)(c2ccccc2)N1. The highest BCUT2D eigenvalue weighted by atomic mass is 15.2. The van der Waals surface area contributed by atoms with E-state index in [2.05, 4.69) is 116 Å². The second-order valence-electron chi connectivity index (χ2n) is 9.25. The molecule has 1 unspecified atom stereocenters. The van der Waals surface area contributed by atoms with E-state index in [0.717, 1.165) is 60.6 Å². The largest absolute Gasteiger partial charge is 0.358 e. The first-order valence-corrected chi connectivity index (χ1v) is 12.8. The van der Waals surface area contributed by atoms with Crippen molar-refractivity contribution in [3.05, 3.63) is 102 Å². The van der Waals surface area contributed by atoms with Gasteiger partial charge in [-0.15, -0.1) is 0 Å². The molecule has 0 saturated heterocycles. The van der Waals surface area contributed by atoms with Crippen LogP contribution in [0.15, 0.2) is 89.9 Å². The highest BCUT2D eigenvalue weighted by Gasteiger charge is 2.37. The lowest BCUT2D eigenvalue weighted by Crippen LogP contribution is -2.43. The van der Waals surface area contributed by atoms with Gasteiger partial charge in [0.1, 0.15) is 5.84 Å². The monoisotopic (exact) mass is 462 g/mol. The first-order valence-electron chi connectivity index (χ1n) is 12.8. The fourth-order valence-electron chi connectivity index (χ4n) is 5.17. The molecule has 0 spiro atoms. The number of para-hydroxylation sites is 1. The Balaban J connectivity index is 1.72. The van der Waals surface area contributed by atoms with Gasteiger partial charge in [0.05, 0.1) is 23.3 Å². The predicted molar refractivity (Wildman–Crippen MR) is 147 cm³/mol. The number of aromatic nitrogens is 1. The van der Waals surface area contributed by atoms with Crippen LogP contribution in [0, 0.1) is 0 Å². The average molecular weight is 463 g/mol. The molecule has 1 aromatic heterocycles. The molecule has 4 heteroatoms. The first kappa shape index (κ1) is 23.3. The molecule has 1 atom stereocenters. The third-order valence-electron chi connectivity index (χ3n) is 7.35. The van der Waals surface area contributed by atoms with E-state index in [1.807, 2.05) is 0 Å². The zero-order valence-corrected chi connectivity index (χ0v) is 21.0. The Morgan fingerprint density at radius 1 is 0.829 bits per heavy atom. The van der Waals surface area contributed by atoms with Crippen LogP contribution >= 0.6 is 0 Å². The van der Waals surface area contributed by atoms with Gasteiger partial charge < -0.3 is 5.32 Å². The van der Waals surface area contributed by atoms with Gasteiger partial charge in [-0.1, -0.05) is 99.6 Å². The zero-order chi connectivity index (χ0) is 24.3. The highest BCUT2D eigenvalue weighted by Crippen LogP contribution is 2.35. The molecule has 5 rings (SSSR count). The molecule has 0 saturated carbocycles. The third-order valence-corrected chi connectivity index (χ3v) is 7.35. The maximum absolute atomic E-state index is 5.20. The topological polar surface area (TPSA) is 40.5 Å². The summed E-state index contributed by atoms with van der Waals surface area (Å²) in [5, 5.41) is 5.06. The quantitative estimate of drug-likeness (QED) is 0.329. The Morgan fingerprint density at radius 2 is 1.49 bits per heavy atom. The Hall–Kier alpha value is -3.50. The van der Waals surface area contributed by atoms with Gasteiger partial charge >= 0.3 is 0 Å². The third kappa shape index (κ3) is 4.35. The molecule has 0 fully saturated rings. The molecule has 1 aliphatic heterocycles. The van der Waals surface area contributed by atoms with Gasteiger partial charge in [0.2, 0.25) is 0 Å². The summed E-state index contributed by atoms with van der Waals surface area (Å²) in [6.07, 6.45) is 0.962. The van der Waals surface area contributed by atoms with Crippen LogP contribution in [0.4, 0.5) is 0 Å². The van der Waals surface area contributed by atoms with Crippen LogP contribution in [0.25, 0.3) is 22.2 Å². The van der Waals surface area contributed by atoms with E-state index in [0.29, 0.717) is 0 Å². The fraction of sp³-hybridized carbons (Fsp3) is 0.290. The Labute approximate surface area is 208 Å². The number of rotatable bonds is 8. The molecule has 3 aromatic carbocycles. The Bertz CT molecular complexity index is 1330. The number of benzene rings is 3. The number of hydrogen-bond acceptors (Lipinski definition) is 4. The lowest BCUT2D eigenvalue weighted by atomic mass is 9.87. The number of nitrogens with one attached hydrogen (secondary N) is 1. The molecule has 4 aromatic rings. The molecular formula is C31H34N4. The van der Waals surface area contributed by atoms with Crippen LogP contribution in [-0.2, 0) is 12.1 Å². The smallest absolute Gasteiger partial charge is 0.130 e. The summed E-state index contributed by atoms with van der Waals surface area (Å²) in [6.45, 7) is 10.2. The molecule has 1 aliphatic rings. The number of aliphatic imine (C=N–C) groups is 1. The van der Waals surface area contributed by atoms with Crippen LogP contribution in [0.2, 0.25) is 0 Å². The molecular weight excluding hydrogens is 428 g/mol. The minimum absolute atomic E-state index is 0.194. The summed E-state index contributed by atoms with van der Waals surface area (Å²) in [4.78, 5) is 12.8. The van der Waals surface area contributed by atoms with E-state index >= 15 is 0 Å². The van der Waals surface area contributed by atoms with E-state index in [-0.39, 0.29) is 5.54 Å². The Morgan fingerprint density at radius 3 is 2.17 bits per heavy atom. The van der Waals surface area contributed by atoms with Crippen molar-refractivity contribution in [3.8, 4) is 11.3 Å². The van der Waals surface area contributed by atoms with Crippen molar-refractivity contribution in [1.82, 2.24) is 15.2 Å². The number of amidine groups is 1. The summed E-state index contributed by atoms with van der Waals surface area (Å²) in [7, 11) is 0. The van der Waals surface area contributed by atoms with Crippen LogP contribution in [0.5, 0.6) is 0 Å². The lowest BCUT2D eigenvalue weighted by Gasteiger charge is -2.30. The van der Waals surface area contributed by atoms with Gasteiger partial charge in [0, 0.05) is 28.6 Å². The van der Waals surface area contributed by atoms with Crippen molar-refractivity contribution < 1.29 is 0 Å². The van der Waals surface area contributed by atoms with Crippen molar-refractivity contribution >= 4 is 16.7 Å². The van der Waals surface area contributed by atoms with E-state index < -0.39 is 0 Å². The normalized spacial score (nSPS) is 17.5. The summed E-state index contributed by atoms with van der Waals surface area (Å²) < 4.78 is 0. The van der Waals surface area contributed by atoms with Crippen molar-refractivity contribution in [2.75, 3.05) is 19.6 Å². The second kappa shape index (κ2) is 10.0. The predicted octanol–water partition coefficient (Wildman–Crippen LogP) is 6.40.